The average molecular weight is 300 g/mol. The largest absolute Gasteiger partial charge is 0.329 e. The van der Waals surface area contributed by atoms with Crippen molar-refractivity contribution in [2.75, 3.05) is 20.1 Å². The molecule has 112 valence electrons. The lowest BCUT2D eigenvalue weighted by Gasteiger charge is -2.29. The van der Waals surface area contributed by atoms with Crippen molar-refractivity contribution in [1.82, 2.24) is 14.5 Å². The molecule has 6 heteroatoms. The van der Waals surface area contributed by atoms with Crippen LogP contribution in [0, 0.1) is 5.92 Å². The van der Waals surface area contributed by atoms with E-state index in [1.54, 1.807) is 0 Å². The molecule has 0 aromatic carbocycles. The quantitative estimate of drug-likeness (QED) is 0.864. The normalized spacial score (nSPS) is 17.9. The summed E-state index contributed by atoms with van der Waals surface area (Å²) >= 11 is 5.99. The molecule has 1 N–H and O–H groups in total. The molecule has 2 heterocycles. The monoisotopic (exact) mass is 299 g/mol. The van der Waals surface area contributed by atoms with E-state index < -0.39 is 5.69 Å². The van der Waals surface area contributed by atoms with Crippen molar-refractivity contribution >= 4 is 11.6 Å². The topological polar surface area (TPSA) is 58.1 Å². The molecule has 1 aliphatic rings. The zero-order valence-corrected chi connectivity index (χ0v) is 13.0. The first-order valence-corrected chi connectivity index (χ1v) is 7.49. The minimum absolute atomic E-state index is 0.00408. The number of aromatic amines is 1. The van der Waals surface area contributed by atoms with Gasteiger partial charge in [-0.2, -0.15) is 0 Å². The summed E-state index contributed by atoms with van der Waals surface area (Å²) in [4.78, 5) is 29.3. The third kappa shape index (κ3) is 3.15. The van der Waals surface area contributed by atoms with Crippen LogP contribution in [-0.4, -0.2) is 34.6 Å². The second-order valence-corrected chi connectivity index (χ2v) is 6.35. The standard InChI is InChI=1S/C14H22ClN3O2/c1-9(2)11-12(15)16-14(20)18(13(11)19)8-10-4-6-17(3)7-5-10/h9-10H,4-8H2,1-3H3,(H,16,20). The molecule has 0 saturated carbocycles. The first-order valence-electron chi connectivity index (χ1n) is 7.11. The van der Waals surface area contributed by atoms with Crippen LogP contribution in [0.5, 0.6) is 0 Å². The Bertz CT molecular complexity index is 583. The number of aromatic nitrogens is 2. The van der Waals surface area contributed by atoms with Crippen molar-refractivity contribution in [3.63, 3.8) is 0 Å². The summed E-state index contributed by atoms with van der Waals surface area (Å²) in [5.74, 6) is 0.377. The summed E-state index contributed by atoms with van der Waals surface area (Å²) in [7, 11) is 2.09. The number of nitrogens with one attached hydrogen (secondary N) is 1. The third-order valence-corrected chi connectivity index (χ3v) is 4.33. The number of rotatable bonds is 3. The van der Waals surface area contributed by atoms with Crippen molar-refractivity contribution < 1.29 is 0 Å². The summed E-state index contributed by atoms with van der Waals surface area (Å²) < 4.78 is 1.32. The summed E-state index contributed by atoms with van der Waals surface area (Å²) in [5, 5.41) is 0.176. The molecular weight excluding hydrogens is 278 g/mol. The van der Waals surface area contributed by atoms with Crippen molar-refractivity contribution in [2.24, 2.45) is 5.92 Å². The van der Waals surface area contributed by atoms with Gasteiger partial charge in [-0.05, 0) is 44.8 Å². The molecule has 1 aliphatic heterocycles. The zero-order chi connectivity index (χ0) is 14.9. The van der Waals surface area contributed by atoms with Crippen LogP contribution in [0.1, 0.15) is 38.2 Å². The number of H-pyrrole nitrogens is 1. The highest BCUT2D eigenvalue weighted by atomic mass is 35.5. The van der Waals surface area contributed by atoms with Crippen LogP contribution in [0.3, 0.4) is 0 Å². The number of nitrogens with zero attached hydrogens (tertiary/aromatic N) is 2. The predicted octanol–water partition coefficient (Wildman–Crippen LogP) is 1.66. The molecule has 1 saturated heterocycles. The van der Waals surface area contributed by atoms with Crippen LogP contribution in [0.2, 0.25) is 5.15 Å². The Morgan fingerprint density at radius 3 is 2.45 bits per heavy atom. The molecule has 0 amide bonds. The molecule has 0 spiro atoms. The van der Waals surface area contributed by atoms with E-state index in [1.807, 2.05) is 13.8 Å². The summed E-state index contributed by atoms with van der Waals surface area (Å²) in [5.41, 5.74) is -0.143. The zero-order valence-electron chi connectivity index (χ0n) is 12.3. The van der Waals surface area contributed by atoms with Crippen molar-refractivity contribution in [1.29, 1.82) is 0 Å². The van der Waals surface area contributed by atoms with Crippen molar-refractivity contribution in [3.8, 4) is 0 Å². The van der Waals surface area contributed by atoms with Gasteiger partial charge >= 0.3 is 5.69 Å². The van der Waals surface area contributed by atoms with Gasteiger partial charge in [-0.1, -0.05) is 25.4 Å². The third-order valence-electron chi connectivity index (χ3n) is 4.03. The van der Waals surface area contributed by atoms with Crippen molar-refractivity contribution in [3.05, 3.63) is 31.6 Å². The lowest BCUT2D eigenvalue weighted by Crippen LogP contribution is -2.41. The van der Waals surface area contributed by atoms with Crippen LogP contribution in [0.4, 0.5) is 0 Å². The number of halogens is 1. The fraction of sp³-hybridized carbons (Fsp3) is 0.714. The van der Waals surface area contributed by atoms with Crippen LogP contribution >= 0.6 is 11.6 Å². The molecule has 20 heavy (non-hydrogen) atoms. The lowest BCUT2D eigenvalue weighted by atomic mass is 9.97. The minimum atomic E-state index is -0.400. The fourth-order valence-corrected chi connectivity index (χ4v) is 3.11. The van der Waals surface area contributed by atoms with Crippen LogP contribution in [0.25, 0.3) is 0 Å². The smallest absolute Gasteiger partial charge is 0.306 e. The highest BCUT2D eigenvalue weighted by Gasteiger charge is 2.21. The van der Waals surface area contributed by atoms with Gasteiger partial charge in [-0.3, -0.25) is 14.3 Å². The summed E-state index contributed by atoms with van der Waals surface area (Å²) in [6.07, 6.45) is 2.03. The van der Waals surface area contributed by atoms with Crippen molar-refractivity contribution in [2.45, 2.75) is 39.2 Å². The minimum Gasteiger partial charge on any atom is -0.306 e. The maximum atomic E-state index is 12.4. The van der Waals surface area contributed by atoms with Gasteiger partial charge in [0.25, 0.3) is 5.56 Å². The van der Waals surface area contributed by atoms with Gasteiger partial charge in [0, 0.05) is 6.54 Å². The van der Waals surface area contributed by atoms with Crippen LogP contribution in [-0.2, 0) is 6.54 Å². The molecule has 0 atom stereocenters. The van der Waals surface area contributed by atoms with E-state index in [4.69, 9.17) is 11.6 Å². The van der Waals surface area contributed by atoms with E-state index in [-0.39, 0.29) is 16.6 Å². The Hall–Kier alpha value is -1.07. The van der Waals surface area contributed by atoms with Crippen LogP contribution in [0.15, 0.2) is 9.59 Å². The Balaban J connectivity index is 2.30. The maximum Gasteiger partial charge on any atom is 0.329 e. The van der Waals surface area contributed by atoms with Gasteiger partial charge in [0.2, 0.25) is 0 Å². The number of likely N-dealkylation sites (tertiary alicyclic amines) is 1. The SMILES string of the molecule is CC(C)c1c(Cl)[nH]c(=O)n(CC2CCN(C)CC2)c1=O. The van der Waals surface area contributed by atoms with E-state index >= 15 is 0 Å². The molecule has 0 radical (unpaired) electrons. The van der Waals surface area contributed by atoms with Crippen LogP contribution < -0.4 is 11.2 Å². The molecule has 1 aromatic heterocycles. The molecular formula is C14H22ClN3O2. The average Bonchev–Trinajstić information content (AvgIpc) is 2.36. The second-order valence-electron chi connectivity index (χ2n) is 5.97. The Morgan fingerprint density at radius 1 is 1.30 bits per heavy atom. The number of hydrogen-bond donors (Lipinski definition) is 1. The summed E-state index contributed by atoms with van der Waals surface area (Å²) in [6, 6.07) is 0. The van der Waals surface area contributed by atoms with E-state index in [0.717, 1.165) is 25.9 Å². The Morgan fingerprint density at radius 2 is 1.90 bits per heavy atom. The highest BCUT2D eigenvalue weighted by Crippen LogP contribution is 2.19. The van der Waals surface area contributed by atoms with Gasteiger partial charge in [0.05, 0.1) is 5.56 Å². The molecule has 5 nitrogen and oxygen atoms in total. The van der Waals surface area contributed by atoms with Gasteiger partial charge in [0.15, 0.2) is 0 Å². The molecule has 0 aliphatic carbocycles. The molecule has 1 fully saturated rings. The highest BCUT2D eigenvalue weighted by molar-refractivity contribution is 6.30. The van der Waals surface area contributed by atoms with E-state index in [1.165, 1.54) is 4.57 Å². The van der Waals surface area contributed by atoms with Gasteiger partial charge in [-0.25, -0.2) is 4.79 Å². The molecule has 1 aromatic rings. The molecule has 0 bridgehead atoms. The Labute approximate surface area is 123 Å². The van der Waals surface area contributed by atoms with Gasteiger partial charge in [-0.15, -0.1) is 0 Å². The maximum absolute atomic E-state index is 12.4. The van der Waals surface area contributed by atoms with Gasteiger partial charge in [0.1, 0.15) is 5.15 Å². The first kappa shape index (κ1) is 15.3. The fourth-order valence-electron chi connectivity index (χ4n) is 2.73. The van der Waals surface area contributed by atoms with E-state index in [9.17, 15) is 9.59 Å². The van der Waals surface area contributed by atoms with Gasteiger partial charge < -0.3 is 4.90 Å². The lowest BCUT2D eigenvalue weighted by molar-refractivity contribution is 0.202. The van der Waals surface area contributed by atoms with E-state index in [0.29, 0.717) is 18.0 Å². The Kier molecular flexibility index (Phi) is 4.70. The number of piperidine rings is 1. The molecule has 2 rings (SSSR count). The second kappa shape index (κ2) is 6.14. The predicted molar refractivity (Wildman–Crippen MR) is 80.6 cm³/mol. The first-order chi connectivity index (χ1) is 9.40. The summed E-state index contributed by atoms with van der Waals surface area (Å²) in [6.45, 7) is 6.32. The number of hydrogen-bond acceptors (Lipinski definition) is 3. The van der Waals surface area contributed by atoms with E-state index in [2.05, 4.69) is 16.9 Å². The molecule has 0 unspecified atom stereocenters.